The fourth-order valence-electron chi connectivity index (χ4n) is 1.56. The van der Waals surface area contributed by atoms with Gasteiger partial charge < -0.3 is 9.90 Å². The molecule has 0 heterocycles. The zero-order chi connectivity index (χ0) is 10.7. The number of phenols is 1. The van der Waals surface area contributed by atoms with Crippen LogP contribution in [-0.2, 0) is 11.2 Å². The van der Waals surface area contributed by atoms with E-state index in [4.69, 9.17) is 0 Å². The number of aromatic hydroxyl groups is 1. The van der Waals surface area contributed by atoms with Crippen LogP contribution in [0.25, 0.3) is 0 Å². The molecule has 1 N–H and O–H groups in total. The van der Waals surface area contributed by atoms with E-state index in [0.29, 0.717) is 6.42 Å². The van der Waals surface area contributed by atoms with Crippen LogP contribution in [0.1, 0.15) is 23.1 Å². The van der Waals surface area contributed by atoms with Gasteiger partial charge in [-0.3, -0.25) is 0 Å². The zero-order valence-electron chi connectivity index (χ0n) is 8.30. The summed E-state index contributed by atoms with van der Waals surface area (Å²) in [6.45, 7) is 3.89. The molecule has 14 heavy (non-hydrogen) atoms. The molecule has 0 spiro atoms. The second-order valence-electron chi connectivity index (χ2n) is 3.34. The van der Waals surface area contributed by atoms with Crippen LogP contribution >= 0.6 is 15.9 Å². The first-order valence-corrected chi connectivity index (χ1v) is 5.28. The SMILES string of the molecule is Cc1cc(O)c(Br)c(C)c1CCC=O. The van der Waals surface area contributed by atoms with Gasteiger partial charge >= 0.3 is 0 Å². The fraction of sp³-hybridized carbons (Fsp3) is 0.364. The molecule has 0 bridgehead atoms. The molecule has 1 aromatic carbocycles. The highest BCUT2D eigenvalue weighted by atomic mass is 79.9. The van der Waals surface area contributed by atoms with Crippen LogP contribution in [0.5, 0.6) is 5.75 Å². The number of hydrogen-bond donors (Lipinski definition) is 1. The molecule has 0 saturated heterocycles. The predicted molar refractivity (Wildman–Crippen MR) is 59.7 cm³/mol. The highest BCUT2D eigenvalue weighted by Gasteiger charge is 2.09. The summed E-state index contributed by atoms with van der Waals surface area (Å²) in [5.41, 5.74) is 3.19. The lowest BCUT2D eigenvalue weighted by Crippen LogP contribution is -1.96. The number of aldehydes is 1. The number of phenolic OH excluding ortho intramolecular Hbond substituents is 1. The lowest BCUT2D eigenvalue weighted by molar-refractivity contribution is -0.107. The molecule has 1 rings (SSSR count). The second-order valence-corrected chi connectivity index (χ2v) is 4.13. The Kier molecular flexibility index (Phi) is 3.69. The van der Waals surface area contributed by atoms with Gasteiger partial charge in [0.15, 0.2) is 0 Å². The molecule has 0 radical (unpaired) electrons. The molecule has 76 valence electrons. The summed E-state index contributed by atoms with van der Waals surface area (Å²) >= 11 is 3.32. The summed E-state index contributed by atoms with van der Waals surface area (Å²) in [5, 5.41) is 9.51. The van der Waals surface area contributed by atoms with Crippen molar-refractivity contribution in [1.82, 2.24) is 0 Å². The summed E-state index contributed by atoms with van der Waals surface area (Å²) in [4.78, 5) is 10.3. The molecule has 0 aliphatic heterocycles. The smallest absolute Gasteiger partial charge is 0.130 e. The number of hydrogen-bond acceptors (Lipinski definition) is 2. The van der Waals surface area contributed by atoms with Crippen LogP contribution < -0.4 is 0 Å². The van der Waals surface area contributed by atoms with Crippen LogP contribution in [-0.4, -0.2) is 11.4 Å². The summed E-state index contributed by atoms with van der Waals surface area (Å²) in [6, 6.07) is 1.72. The molecular weight excluding hydrogens is 244 g/mol. The first kappa shape index (κ1) is 11.2. The second kappa shape index (κ2) is 4.60. The Hall–Kier alpha value is -0.830. The molecule has 0 amide bonds. The van der Waals surface area contributed by atoms with E-state index < -0.39 is 0 Å². The largest absolute Gasteiger partial charge is 0.507 e. The maximum atomic E-state index is 10.3. The molecule has 1 aromatic rings. The van der Waals surface area contributed by atoms with Crippen LogP contribution in [0, 0.1) is 13.8 Å². The molecule has 0 aliphatic carbocycles. The normalized spacial score (nSPS) is 10.2. The number of benzene rings is 1. The van der Waals surface area contributed by atoms with E-state index in [2.05, 4.69) is 15.9 Å². The minimum atomic E-state index is 0.259. The van der Waals surface area contributed by atoms with Crippen LogP contribution in [0.4, 0.5) is 0 Å². The van der Waals surface area contributed by atoms with Gasteiger partial charge in [0, 0.05) is 6.42 Å². The van der Waals surface area contributed by atoms with Gasteiger partial charge in [0.25, 0.3) is 0 Å². The number of carbonyl (C=O) groups is 1. The molecule has 0 aliphatic rings. The van der Waals surface area contributed by atoms with Crippen molar-refractivity contribution in [2.24, 2.45) is 0 Å². The van der Waals surface area contributed by atoms with Gasteiger partial charge in [0.1, 0.15) is 12.0 Å². The number of rotatable bonds is 3. The van der Waals surface area contributed by atoms with Crippen LogP contribution in [0.3, 0.4) is 0 Å². The standard InChI is InChI=1S/C11H13BrO2/c1-7-6-10(14)11(12)8(2)9(7)4-3-5-13/h5-6,14H,3-4H2,1-2H3. The maximum Gasteiger partial charge on any atom is 0.130 e. The first-order valence-electron chi connectivity index (χ1n) is 4.49. The Morgan fingerprint density at radius 1 is 1.50 bits per heavy atom. The lowest BCUT2D eigenvalue weighted by atomic mass is 9.98. The molecular formula is C11H13BrO2. The summed E-state index contributed by atoms with van der Waals surface area (Å²) in [5.74, 6) is 0.259. The minimum absolute atomic E-state index is 0.259. The minimum Gasteiger partial charge on any atom is -0.507 e. The van der Waals surface area contributed by atoms with Gasteiger partial charge in [0.05, 0.1) is 4.47 Å². The summed E-state index contributed by atoms with van der Waals surface area (Å²) in [6.07, 6.45) is 2.18. The number of halogens is 1. The van der Waals surface area contributed by atoms with Crippen molar-refractivity contribution in [1.29, 1.82) is 0 Å². The van der Waals surface area contributed by atoms with Crippen molar-refractivity contribution in [2.75, 3.05) is 0 Å². The summed E-state index contributed by atoms with van der Waals surface area (Å²) in [7, 11) is 0. The van der Waals surface area contributed by atoms with E-state index in [1.54, 1.807) is 6.07 Å². The van der Waals surface area contributed by atoms with Gasteiger partial charge in [-0.25, -0.2) is 0 Å². The highest BCUT2D eigenvalue weighted by Crippen LogP contribution is 2.32. The highest BCUT2D eigenvalue weighted by molar-refractivity contribution is 9.10. The fourth-order valence-corrected chi connectivity index (χ4v) is 1.92. The van der Waals surface area contributed by atoms with E-state index >= 15 is 0 Å². The van der Waals surface area contributed by atoms with Crippen molar-refractivity contribution in [2.45, 2.75) is 26.7 Å². The molecule has 0 saturated carbocycles. The van der Waals surface area contributed by atoms with Crippen molar-refractivity contribution >= 4 is 22.2 Å². The Morgan fingerprint density at radius 3 is 2.71 bits per heavy atom. The molecule has 0 atom stereocenters. The van der Waals surface area contributed by atoms with Crippen molar-refractivity contribution in [3.63, 3.8) is 0 Å². The Balaban J connectivity index is 3.15. The van der Waals surface area contributed by atoms with Crippen molar-refractivity contribution < 1.29 is 9.90 Å². The maximum absolute atomic E-state index is 10.3. The number of carbonyl (C=O) groups excluding carboxylic acids is 1. The Morgan fingerprint density at radius 2 is 2.14 bits per heavy atom. The average Bonchev–Trinajstić information content (AvgIpc) is 2.14. The molecule has 0 aromatic heterocycles. The van der Waals surface area contributed by atoms with Crippen molar-refractivity contribution in [3.05, 3.63) is 27.2 Å². The number of aryl methyl sites for hydroxylation is 1. The quantitative estimate of drug-likeness (QED) is 0.845. The van der Waals surface area contributed by atoms with E-state index in [1.807, 2.05) is 13.8 Å². The van der Waals surface area contributed by atoms with E-state index in [0.717, 1.165) is 33.9 Å². The van der Waals surface area contributed by atoms with E-state index in [9.17, 15) is 9.90 Å². The lowest BCUT2D eigenvalue weighted by Gasteiger charge is -2.11. The third-order valence-corrected chi connectivity index (χ3v) is 3.35. The zero-order valence-corrected chi connectivity index (χ0v) is 9.89. The summed E-state index contributed by atoms with van der Waals surface area (Å²) < 4.78 is 0.726. The van der Waals surface area contributed by atoms with Crippen molar-refractivity contribution in [3.8, 4) is 5.75 Å². The van der Waals surface area contributed by atoms with Gasteiger partial charge in [-0.1, -0.05) is 0 Å². The van der Waals surface area contributed by atoms with Gasteiger partial charge in [-0.05, 0) is 59.0 Å². The third-order valence-electron chi connectivity index (χ3n) is 2.35. The van der Waals surface area contributed by atoms with Crippen LogP contribution in [0.15, 0.2) is 10.5 Å². The predicted octanol–water partition coefficient (Wildman–Crippen LogP) is 2.90. The van der Waals surface area contributed by atoms with Gasteiger partial charge in [-0.2, -0.15) is 0 Å². The molecule has 3 heteroatoms. The van der Waals surface area contributed by atoms with E-state index in [-0.39, 0.29) is 5.75 Å². The van der Waals surface area contributed by atoms with Gasteiger partial charge in [-0.15, -0.1) is 0 Å². The van der Waals surface area contributed by atoms with E-state index in [1.165, 1.54) is 0 Å². The molecule has 0 unspecified atom stereocenters. The Labute approximate surface area is 92.1 Å². The molecule has 0 fully saturated rings. The van der Waals surface area contributed by atoms with Gasteiger partial charge in [0.2, 0.25) is 0 Å². The monoisotopic (exact) mass is 256 g/mol. The Bertz CT molecular complexity index is 359. The first-order chi connectivity index (χ1) is 6.57. The third kappa shape index (κ3) is 2.15. The molecule has 2 nitrogen and oxygen atoms in total. The average molecular weight is 257 g/mol. The van der Waals surface area contributed by atoms with Crippen LogP contribution in [0.2, 0.25) is 0 Å². The topological polar surface area (TPSA) is 37.3 Å².